The van der Waals surface area contributed by atoms with Crippen molar-refractivity contribution in [1.29, 1.82) is 0 Å². The smallest absolute Gasteiger partial charge is 0.0541 e. The Kier molecular flexibility index (Phi) is 6.87. The SMILES string of the molecule is CC12CC3CCC(C)(c4ccc(-c5cc(N(c6ccc(Br)cc6)c6ccc(Br)cc6)cc(-n6c7ccccc7c7ccccc76)c5)cc41)C3C2. The van der Waals surface area contributed by atoms with E-state index in [1.807, 2.05) is 0 Å². The molecule has 7 aromatic rings. The van der Waals surface area contributed by atoms with E-state index in [4.69, 9.17) is 0 Å². The average Bonchev–Trinajstić information content (AvgIpc) is 3.76. The zero-order chi connectivity index (χ0) is 33.8. The van der Waals surface area contributed by atoms with Gasteiger partial charge >= 0.3 is 0 Å². The molecule has 4 heteroatoms. The molecule has 4 atom stereocenters. The van der Waals surface area contributed by atoms with Gasteiger partial charge in [0.1, 0.15) is 0 Å². The van der Waals surface area contributed by atoms with Crippen LogP contribution in [-0.2, 0) is 10.8 Å². The van der Waals surface area contributed by atoms with E-state index in [-0.39, 0.29) is 5.41 Å². The Morgan fingerprint density at radius 2 is 1.22 bits per heavy atom. The maximum Gasteiger partial charge on any atom is 0.0541 e. The van der Waals surface area contributed by atoms with Crippen molar-refractivity contribution in [3.8, 4) is 16.8 Å². The van der Waals surface area contributed by atoms with Crippen LogP contribution in [0.25, 0.3) is 38.6 Å². The molecule has 2 bridgehead atoms. The van der Waals surface area contributed by atoms with Crippen molar-refractivity contribution in [2.75, 3.05) is 4.90 Å². The molecule has 4 unspecified atom stereocenters. The molecule has 10 rings (SSSR count). The number of nitrogens with zero attached hydrogens (tertiary/aromatic N) is 2. The van der Waals surface area contributed by atoms with Gasteiger partial charge in [0.25, 0.3) is 0 Å². The molecular formula is C46H38Br2N2. The lowest BCUT2D eigenvalue weighted by Gasteiger charge is -2.43. The van der Waals surface area contributed by atoms with Crippen LogP contribution in [-0.4, -0.2) is 4.57 Å². The highest BCUT2D eigenvalue weighted by atomic mass is 79.9. The van der Waals surface area contributed by atoms with Crippen LogP contribution in [0.4, 0.5) is 17.1 Å². The lowest BCUT2D eigenvalue weighted by atomic mass is 9.61. The van der Waals surface area contributed by atoms with Gasteiger partial charge in [0.15, 0.2) is 0 Å². The van der Waals surface area contributed by atoms with Crippen molar-refractivity contribution in [3.05, 3.63) is 154 Å². The number of benzene rings is 6. The zero-order valence-electron chi connectivity index (χ0n) is 28.3. The monoisotopic (exact) mass is 776 g/mol. The van der Waals surface area contributed by atoms with E-state index in [0.717, 1.165) is 43.5 Å². The predicted octanol–water partition coefficient (Wildman–Crippen LogP) is 13.8. The second kappa shape index (κ2) is 11.2. The molecule has 3 aliphatic rings. The third kappa shape index (κ3) is 4.57. The van der Waals surface area contributed by atoms with Gasteiger partial charge in [-0.1, -0.05) is 100 Å². The summed E-state index contributed by atoms with van der Waals surface area (Å²) in [7, 11) is 0. The molecule has 2 saturated carbocycles. The van der Waals surface area contributed by atoms with Crippen LogP contribution in [0, 0.1) is 11.8 Å². The minimum atomic E-state index is 0.259. The molecule has 2 nitrogen and oxygen atoms in total. The first-order chi connectivity index (χ1) is 24.3. The summed E-state index contributed by atoms with van der Waals surface area (Å²) in [5, 5.41) is 2.54. The van der Waals surface area contributed by atoms with Gasteiger partial charge in [-0.25, -0.2) is 0 Å². The van der Waals surface area contributed by atoms with E-state index < -0.39 is 0 Å². The number of fused-ring (bicyclic) bond motifs is 7. The first-order valence-electron chi connectivity index (χ1n) is 17.9. The predicted molar refractivity (Wildman–Crippen MR) is 216 cm³/mol. The van der Waals surface area contributed by atoms with Gasteiger partial charge in [0.2, 0.25) is 0 Å². The largest absolute Gasteiger partial charge is 0.310 e. The van der Waals surface area contributed by atoms with Crippen LogP contribution in [0.3, 0.4) is 0 Å². The molecule has 0 radical (unpaired) electrons. The van der Waals surface area contributed by atoms with Gasteiger partial charge in [-0.2, -0.15) is 0 Å². The highest BCUT2D eigenvalue weighted by molar-refractivity contribution is 9.10. The van der Waals surface area contributed by atoms with Gasteiger partial charge in [-0.15, -0.1) is 0 Å². The van der Waals surface area contributed by atoms with Crippen molar-refractivity contribution in [3.63, 3.8) is 0 Å². The number of halogens is 2. The molecule has 0 aliphatic heterocycles. The fourth-order valence-electron chi connectivity index (χ4n) is 10.3. The molecule has 3 aliphatic carbocycles. The summed E-state index contributed by atoms with van der Waals surface area (Å²) in [4.78, 5) is 2.39. The van der Waals surface area contributed by atoms with Crippen molar-refractivity contribution in [1.82, 2.24) is 4.57 Å². The average molecular weight is 779 g/mol. The molecule has 0 N–H and O–H groups in total. The fraction of sp³-hybridized carbons (Fsp3) is 0.217. The highest BCUT2D eigenvalue weighted by Gasteiger charge is 2.59. The van der Waals surface area contributed by atoms with Crippen LogP contribution >= 0.6 is 31.9 Å². The molecule has 50 heavy (non-hydrogen) atoms. The Balaban J connectivity index is 1.24. The lowest BCUT2D eigenvalue weighted by molar-refractivity contribution is 0.275. The Morgan fingerprint density at radius 1 is 0.600 bits per heavy atom. The van der Waals surface area contributed by atoms with Crippen LogP contribution in [0.1, 0.15) is 50.7 Å². The second-order valence-corrected chi connectivity index (χ2v) is 17.3. The van der Waals surface area contributed by atoms with Gasteiger partial charge < -0.3 is 9.47 Å². The van der Waals surface area contributed by atoms with E-state index in [0.29, 0.717) is 5.41 Å². The van der Waals surface area contributed by atoms with Crippen molar-refractivity contribution < 1.29 is 0 Å². The normalized spacial score (nSPS) is 23.4. The highest BCUT2D eigenvalue weighted by Crippen LogP contribution is 2.67. The molecule has 0 saturated heterocycles. The first kappa shape index (κ1) is 30.7. The minimum Gasteiger partial charge on any atom is -0.310 e. The molecule has 2 fully saturated rings. The van der Waals surface area contributed by atoms with Gasteiger partial charge in [-0.3, -0.25) is 0 Å². The second-order valence-electron chi connectivity index (χ2n) is 15.4. The Hall–Kier alpha value is -4.12. The summed E-state index contributed by atoms with van der Waals surface area (Å²) in [6.07, 6.45) is 5.38. The number of anilines is 3. The molecule has 6 aromatic carbocycles. The molecule has 0 amide bonds. The van der Waals surface area contributed by atoms with Gasteiger partial charge in [0, 0.05) is 42.5 Å². The zero-order valence-corrected chi connectivity index (χ0v) is 31.5. The maximum atomic E-state index is 3.68. The molecule has 0 spiro atoms. The van der Waals surface area contributed by atoms with E-state index in [2.05, 4.69) is 189 Å². The maximum absolute atomic E-state index is 3.68. The number of hydrogen-bond donors (Lipinski definition) is 0. The number of hydrogen-bond acceptors (Lipinski definition) is 1. The van der Waals surface area contributed by atoms with E-state index >= 15 is 0 Å². The fourth-order valence-corrected chi connectivity index (χ4v) is 10.8. The van der Waals surface area contributed by atoms with Crippen LogP contribution in [0.5, 0.6) is 0 Å². The third-order valence-corrected chi connectivity index (χ3v) is 13.6. The lowest BCUT2D eigenvalue weighted by Crippen LogP contribution is -2.37. The summed E-state index contributed by atoms with van der Waals surface area (Å²) >= 11 is 7.36. The van der Waals surface area contributed by atoms with Crippen LogP contribution in [0.2, 0.25) is 0 Å². The third-order valence-electron chi connectivity index (χ3n) is 12.6. The molecule has 246 valence electrons. The molecular weight excluding hydrogens is 740 g/mol. The van der Waals surface area contributed by atoms with Gasteiger partial charge in [0.05, 0.1) is 11.0 Å². The Labute approximate surface area is 311 Å². The molecule has 1 aromatic heterocycles. The minimum absolute atomic E-state index is 0.259. The Morgan fingerprint density at radius 3 is 1.86 bits per heavy atom. The number of para-hydroxylation sites is 2. The molecule has 1 heterocycles. The topological polar surface area (TPSA) is 8.17 Å². The summed E-state index contributed by atoms with van der Waals surface area (Å²) < 4.78 is 4.59. The summed E-state index contributed by atoms with van der Waals surface area (Å²) in [6, 6.07) is 49.7. The van der Waals surface area contributed by atoms with Crippen molar-refractivity contribution in [2.24, 2.45) is 11.8 Å². The van der Waals surface area contributed by atoms with Crippen molar-refractivity contribution >= 4 is 70.7 Å². The summed E-state index contributed by atoms with van der Waals surface area (Å²) in [5.74, 6) is 1.71. The Bertz CT molecular complexity index is 2360. The standard InChI is InChI=1S/C46H38Br2N2/c1-45-27-30-21-22-46(2,42(30)28-45)40-20-11-29(25-41(40)45)31-23-36(49(34-16-12-32(47)13-17-34)35-18-14-33(48)15-19-35)26-37(24-31)50-43-9-5-3-7-38(43)39-8-4-6-10-44(39)50/h3-20,23-26,30,42H,21-22,27-28H2,1-2H3. The van der Waals surface area contributed by atoms with Gasteiger partial charge in [-0.05, 0) is 149 Å². The number of rotatable bonds is 5. The van der Waals surface area contributed by atoms with Crippen LogP contribution in [0.15, 0.2) is 142 Å². The van der Waals surface area contributed by atoms with E-state index in [1.165, 1.54) is 58.6 Å². The number of aromatic nitrogens is 1. The summed E-state index contributed by atoms with van der Waals surface area (Å²) in [5.41, 5.74) is 13.3. The van der Waals surface area contributed by atoms with Crippen molar-refractivity contribution in [2.45, 2.75) is 50.4 Å². The summed E-state index contributed by atoms with van der Waals surface area (Å²) in [6.45, 7) is 5.12. The quantitative estimate of drug-likeness (QED) is 0.169. The van der Waals surface area contributed by atoms with E-state index in [9.17, 15) is 0 Å². The van der Waals surface area contributed by atoms with Crippen LogP contribution < -0.4 is 4.90 Å². The van der Waals surface area contributed by atoms with E-state index in [1.54, 1.807) is 11.1 Å². The first-order valence-corrected chi connectivity index (χ1v) is 19.5.